The van der Waals surface area contributed by atoms with Gasteiger partial charge in [0.15, 0.2) is 0 Å². The first-order valence-electron chi connectivity index (χ1n) is 7.96. The summed E-state index contributed by atoms with van der Waals surface area (Å²) in [5.74, 6) is -0.413. The standard InChI is InChI=1S/C19H16BrN3O3S/c1-13-5-8-16(22-19(24)17-4-2-3-11-21-17)12-18(13)27(25,26)23-15-9-6-14(20)7-10-15/h2-12,23H,1H3,(H,22,24). The van der Waals surface area contributed by atoms with E-state index in [0.29, 0.717) is 16.9 Å². The highest BCUT2D eigenvalue weighted by molar-refractivity contribution is 9.10. The van der Waals surface area contributed by atoms with Gasteiger partial charge in [-0.1, -0.05) is 28.1 Å². The van der Waals surface area contributed by atoms with Gasteiger partial charge in [0, 0.05) is 22.0 Å². The number of nitrogens with one attached hydrogen (secondary N) is 2. The second-order valence-corrected chi connectivity index (χ2v) is 8.33. The monoisotopic (exact) mass is 445 g/mol. The summed E-state index contributed by atoms with van der Waals surface area (Å²) in [6.07, 6.45) is 1.52. The molecule has 0 spiro atoms. The number of hydrogen-bond acceptors (Lipinski definition) is 4. The van der Waals surface area contributed by atoms with Gasteiger partial charge in [0.25, 0.3) is 15.9 Å². The third kappa shape index (κ3) is 4.72. The largest absolute Gasteiger partial charge is 0.321 e. The summed E-state index contributed by atoms with van der Waals surface area (Å²) < 4.78 is 28.9. The molecule has 0 bridgehead atoms. The molecule has 3 aromatic rings. The fourth-order valence-corrected chi connectivity index (χ4v) is 3.98. The highest BCUT2D eigenvalue weighted by Gasteiger charge is 2.18. The Kier molecular flexibility index (Phi) is 5.57. The van der Waals surface area contributed by atoms with E-state index in [0.717, 1.165) is 4.47 Å². The fourth-order valence-electron chi connectivity index (χ4n) is 2.39. The molecule has 1 amide bonds. The molecule has 6 nitrogen and oxygen atoms in total. The van der Waals surface area contributed by atoms with Crippen molar-refractivity contribution in [2.75, 3.05) is 10.0 Å². The van der Waals surface area contributed by atoms with E-state index in [1.54, 1.807) is 61.5 Å². The number of nitrogens with zero attached hydrogens (tertiary/aromatic N) is 1. The summed E-state index contributed by atoms with van der Waals surface area (Å²) in [7, 11) is -3.81. The quantitative estimate of drug-likeness (QED) is 0.615. The zero-order valence-electron chi connectivity index (χ0n) is 14.3. The summed E-state index contributed by atoms with van der Waals surface area (Å²) in [5.41, 5.74) is 1.62. The van der Waals surface area contributed by atoms with Gasteiger partial charge in [-0.25, -0.2) is 8.42 Å². The third-order valence-corrected chi connectivity index (χ3v) is 5.78. The highest BCUT2D eigenvalue weighted by Crippen LogP contribution is 2.24. The van der Waals surface area contributed by atoms with Gasteiger partial charge in [0.2, 0.25) is 0 Å². The van der Waals surface area contributed by atoms with E-state index in [9.17, 15) is 13.2 Å². The molecule has 0 saturated carbocycles. The number of benzene rings is 2. The normalized spacial score (nSPS) is 11.0. The van der Waals surface area contributed by atoms with Crippen molar-refractivity contribution in [3.63, 3.8) is 0 Å². The number of sulfonamides is 1. The minimum absolute atomic E-state index is 0.0873. The van der Waals surface area contributed by atoms with E-state index in [-0.39, 0.29) is 10.6 Å². The predicted molar refractivity (Wildman–Crippen MR) is 108 cm³/mol. The van der Waals surface area contributed by atoms with E-state index in [1.165, 1.54) is 12.3 Å². The van der Waals surface area contributed by atoms with Gasteiger partial charge in [-0.15, -0.1) is 0 Å². The number of carbonyl (C=O) groups is 1. The van der Waals surface area contributed by atoms with Crippen LogP contribution in [0.15, 0.2) is 76.2 Å². The molecular formula is C19H16BrN3O3S. The van der Waals surface area contributed by atoms with Crippen LogP contribution in [0.1, 0.15) is 16.1 Å². The first-order chi connectivity index (χ1) is 12.8. The molecule has 0 aliphatic carbocycles. The Balaban J connectivity index is 1.86. The van der Waals surface area contributed by atoms with Crippen molar-refractivity contribution in [1.29, 1.82) is 0 Å². The number of aryl methyl sites for hydroxylation is 1. The lowest BCUT2D eigenvalue weighted by Crippen LogP contribution is -2.16. The number of aromatic nitrogens is 1. The smallest absolute Gasteiger partial charge is 0.274 e. The zero-order chi connectivity index (χ0) is 19.4. The van der Waals surface area contributed by atoms with Gasteiger partial charge in [-0.3, -0.25) is 14.5 Å². The predicted octanol–water partition coefficient (Wildman–Crippen LogP) is 4.21. The highest BCUT2D eigenvalue weighted by atomic mass is 79.9. The maximum absolute atomic E-state index is 12.8. The van der Waals surface area contributed by atoms with Crippen molar-refractivity contribution in [2.45, 2.75) is 11.8 Å². The SMILES string of the molecule is Cc1ccc(NC(=O)c2ccccn2)cc1S(=O)(=O)Nc1ccc(Br)cc1. The Morgan fingerprint density at radius 1 is 1.00 bits per heavy atom. The molecule has 27 heavy (non-hydrogen) atoms. The second-order valence-electron chi connectivity index (χ2n) is 5.76. The van der Waals surface area contributed by atoms with Crippen LogP contribution >= 0.6 is 15.9 Å². The van der Waals surface area contributed by atoms with Gasteiger partial charge in [0.1, 0.15) is 5.69 Å². The van der Waals surface area contributed by atoms with Crippen LogP contribution in [0.3, 0.4) is 0 Å². The van der Waals surface area contributed by atoms with E-state index < -0.39 is 15.9 Å². The maximum atomic E-state index is 12.8. The summed E-state index contributed by atoms with van der Waals surface area (Å²) in [6, 6.07) is 16.5. The molecule has 2 N–H and O–H groups in total. The van der Waals surface area contributed by atoms with Gasteiger partial charge in [0.05, 0.1) is 4.90 Å². The summed E-state index contributed by atoms with van der Waals surface area (Å²) >= 11 is 3.31. The molecular weight excluding hydrogens is 430 g/mol. The van der Waals surface area contributed by atoms with Crippen LogP contribution in [0.4, 0.5) is 11.4 Å². The molecule has 0 fully saturated rings. The van der Waals surface area contributed by atoms with Crippen molar-refractivity contribution in [2.24, 2.45) is 0 Å². The average Bonchev–Trinajstić information content (AvgIpc) is 2.65. The Labute approximate surface area is 165 Å². The van der Waals surface area contributed by atoms with Gasteiger partial charge >= 0.3 is 0 Å². The van der Waals surface area contributed by atoms with Crippen LogP contribution in [-0.4, -0.2) is 19.3 Å². The molecule has 0 aliphatic rings. The van der Waals surface area contributed by atoms with Gasteiger partial charge in [-0.2, -0.15) is 0 Å². The van der Waals surface area contributed by atoms with Crippen LogP contribution < -0.4 is 10.0 Å². The van der Waals surface area contributed by atoms with Crippen LogP contribution in [-0.2, 0) is 10.0 Å². The zero-order valence-corrected chi connectivity index (χ0v) is 16.7. The molecule has 2 aromatic carbocycles. The number of pyridine rings is 1. The second kappa shape index (κ2) is 7.89. The summed E-state index contributed by atoms with van der Waals surface area (Å²) in [6.45, 7) is 1.69. The molecule has 0 saturated heterocycles. The number of halogens is 1. The number of carbonyl (C=O) groups excluding carboxylic acids is 1. The third-order valence-electron chi connectivity index (χ3n) is 3.73. The van der Waals surface area contributed by atoms with Crippen molar-refractivity contribution < 1.29 is 13.2 Å². The molecule has 0 atom stereocenters. The Bertz CT molecular complexity index is 1070. The van der Waals surface area contributed by atoms with E-state index >= 15 is 0 Å². The minimum Gasteiger partial charge on any atom is -0.321 e. The van der Waals surface area contributed by atoms with Crippen molar-refractivity contribution >= 4 is 43.2 Å². The lowest BCUT2D eigenvalue weighted by atomic mass is 10.2. The summed E-state index contributed by atoms with van der Waals surface area (Å²) in [5, 5.41) is 2.67. The molecule has 3 rings (SSSR count). The molecule has 1 heterocycles. The van der Waals surface area contributed by atoms with Crippen LogP contribution in [0.5, 0.6) is 0 Å². The topological polar surface area (TPSA) is 88.2 Å². The van der Waals surface area contributed by atoms with E-state index in [4.69, 9.17) is 0 Å². The number of amides is 1. The Hall–Kier alpha value is -2.71. The molecule has 1 aromatic heterocycles. The van der Waals surface area contributed by atoms with Crippen LogP contribution in [0.2, 0.25) is 0 Å². The number of rotatable bonds is 5. The van der Waals surface area contributed by atoms with Crippen molar-refractivity contribution in [1.82, 2.24) is 4.98 Å². The molecule has 8 heteroatoms. The van der Waals surface area contributed by atoms with E-state index in [2.05, 4.69) is 31.0 Å². The van der Waals surface area contributed by atoms with Crippen molar-refractivity contribution in [3.8, 4) is 0 Å². The van der Waals surface area contributed by atoms with Gasteiger partial charge in [-0.05, 0) is 61.0 Å². The molecule has 0 aliphatic heterocycles. The molecule has 138 valence electrons. The number of anilines is 2. The Morgan fingerprint density at radius 2 is 1.70 bits per heavy atom. The van der Waals surface area contributed by atoms with Crippen molar-refractivity contribution in [3.05, 3.63) is 82.6 Å². The molecule has 0 unspecified atom stereocenters. The Morgan fingerprint density at radius 3 is 2.37 bits per heavy atom. The van der Waals surface area contributed by atoms with Crippen LogP contribution in [0, 0.1) is 6.92 Å². The number of hydrogen-bond donors (Lipinski definition) is 2. The first-order valence-corrected chi connectivity index (χ1v) is 10.2. The average molecular weight is 446 g/mol. The summed E-state index contributed by atoms with van der Waals surface area (Å²) in [4.78, 5) is 16.3. The fraction of sp³-hybridized carbons (Fsp3) is 0.0526. The maximum Gasteiger partial charge on any atom is 0.274 e. The first kappa shape index (κ1) is 19.1. The lowest BCUT2D eigenvalue weighted by Gasteiger charge is -2.13. The van der Waals surface area contributed by atoms with Gasteiger partial charge < -0.3 is 5.32 Å². The van der Waals surface area contributed by atoms with Crippen LogP contribution in [0.25, 0.3) is 0 Å². The lowest BCUT2D eigenvalue weighted by molar-refractivity contribution is 0.102. The molecule has 0 radical (unpaired) electrons. The minimum atomic E-state index is -3.81. The van der Waals surface area contributed by atoms with E-state index in [1.807, 2.05) is 0 Å².